The maximum Gasteiger partial charge on any atom is 0.257 e. The van der Waals surface area contributed by atoms with Gasteiger partial charge in [0.1, 0.15) is 24.0 Å². The second-order valence-corrected chi connectivity index (χ2v) is 18.1. The number of imide groups is 1. The van der Waals surface area contributed by atoms with Crippen LogP contribution in [0.15, 0.2) is 55.0 Å². The summed E-state index contributed by atoms with van der Waals surface area (Å²) >= 11 is 0. The van der Waals surface area contributed by atoms with Crippen molar-refractivity contribution in [2.45, 2.75) is 76.3 Å². The third-order valence-electron chi connectivity index (χ3n) is 14.3. The Hall–Kier alpha value is -6.18. The van der Waals surface area contributed by atoms with Crippen LogP contribution < -0.4 is 25.2 Å². The lowest BCUT2D eigenvalue weighted by Crippen LogP contribution is -2.78. The molecule has 0 radical (unpaired) electrons. The molecule has 61 heavy (non-hydrogen) atoms. The number of pyridine rings is 1. The Morgan fingerprint density at radius 2 is 1.72 bits per heavy atom. The van der Waals surface area contributed by atoms with E-state index in [0.717, 1.165) is 75.3 Å². The first kappa shape index (κ1) is 39.0. The second-order valence-electron chi connectivity index (χ2n) is 18.1. The number of carbonyl (C=O) groups excluding carboxylic acids is 4. The van der Waals surface area contributed by atoms with Gasteiger partial charge in [-0.1, -0.05) is 13.8 Å². The van der Waals surface area contributed by atoms with Crippen LogP contribution in [0.5, 0.6) is 5.75 Å². The molecule has 3 unspecified atom stereocenters. The van der Waals surface area contributed by atoms with Gasteiger partial charge in [-0.15, -0.1) is 0 Å². The van der Waals surface area contributed by atoms with Crippen LogP contribution in [0.3, 0.4) is 0 Å². The first-order valence-electron chi connectivity index (χ1n) is 21.2. The minimum atomic E-state index is -1.24. The predicted molar refractivity (Wildman–Crippen MR) is 223 cm³/mol. The van der Waals surface area contributed by atoms with Gasteiger partial charge in [-0.2, -0.15) is 5.26 Å². The van der Waals surface area contributed by atoms with E-state index in [4.69, 9.17) is 4.74 Å². The summed E-state index contributed by atoms with van der Waals surface area (Å²) in [6.07, 6.45) is 5.85. The lowest BCUT2D eigenvalue weighted by Gasteiger charge is -2.66. The highest BCUT2D eigenvalue weighted by Gasteiger charge is 2.69. The van der Waals surface area contributed by atoms with Gasteiger partial charge in [0.2, 0.25) is 17.8 Å². The van der Waals surface area contributed by atoms with Crippen molar-refractivity contribution in [2.24, 2.45) is 11.3 Å². The molecule has 4 fully saturated rings. The van der Waals surface area contributed by atoms with Crippen molar-refractivity contribution in [3.05, 3.63) is 82.8 Å². The zero-order valence-electron chi connectivity index (χ0n) is 34.4. The van der Waals surface area contributed by atoms with Crippen LogP contribution in [0.25, 0.3) is 10.9 Å². The summed E-state index contributed by atoms with van der Waals surface area (Å²) in [5.74, 6) is 0.297. The van der Waals surface area contributed by atoms with Crippen LogP contribution in [0.1, 0.15) is 90.1 Å². The highest BCUT2D eigenvalue weighted by molar-refractivity contribution is 6.06. The van der Waals surface area contributed by atoms with E-state index in [1.54, 1.807) is 30.7 Å². The monoisotopic (exact) mass is 824 g/mol. The van der Waals surface area contributed by atoms with Crippen molar-refractivity contribution in [1.82, 2.24) is 35.4 Å². The highest BCUT2D eigenvalue weighted by Crippen LogP contribution is 2.61. The van der Waals surface area contributed by atoms with Gasteiger partial charge in [-0.25, -0.2) is 9.97 Å². The molecule has 3 saturated heterocycles. The summed E-state index contributed by atoms with van der Waals surface area (Å²) in [5, 5.41) is 27.3. The van der Waals surface area contributed by atoms with E-state index in [1.165, 1.54) is 4.90 Å². The smallest absolute Gasteiger partial charge is 0.257 e. The molecule has 16 nitrogen and oxygen atoms in total. The van der Waals surface area contributed by atoms with Crippen LogP contribution in [-0.2, 0) is 15.0 Å². The summed E-state index contributed by atoms with van der Waals surface area (Å²) in [6, 6.07) is 12.2. The minimum Gasteiger partial charge on any atom is -0.488 e. The summed E-state index contributed by atoms with van der Waals surface area (Å²) < 4.78 is 6.56. The van der Waals surface area contributed by atoms with Gasteiger partial charge in [0.25, 0.3) is 11.8 Å². The molecule has 1 aliphatic carbocycles. The molecule has 0 spiro atoms. The number of hydrogen-bond acceptors (Lipinski definition) is 13. The van der Waals surface area contributed by atoms with Crippen molar-refractivity contribution in [2.75, 3.05) is 55.6 Å². The number of nitrogens with one attached hydrogen (secondary N) is 2. The van der Waals surface area contributed by atoms with Crippen molar-refractivity contribution >= 4 is 46.2 Å². The van der Waals surface area contributed by atoms with Gasteiger partial charge in [0.15, 0.2) is 6.23 Å². The number of ether oxygens (including phenoxy) is 1. The number of carbonyl (C=O) groups is 4. The average molecular weight is 825 g/mol. The van der Waals surface area contributed by atoms with Crippen LogP contribution in [-0.4, -0.2) is 117 Å². The number of amides is 4. The predicted octanol–water partition coefficient (Wildman–Crippen LogP) is 3.04. The number of rotatable bonds is 7. The Morgan fingerprint density at radius 1 is 0.967 bits per heavy atom. The van der Waals surface area contributed by atoms with Gasteiger partial charge in [0, 0.05) is 98.4 Å². The number of nitrogens with zero attached hydrogens (tertiary/aromatic N) is 8. The SMILES string of the molecule is CC1(C)[C@H](NC(=O)c2cnc(N3CCC(CN4CCN(c5ccc6c(c5)C(O)N(C5CCC(=O)NC5=O)C6=O)CC4)CC3)nc2)C2(C)c3ccnc4c(C#N)ccc(c34)O[C@@H]12. The number of fused-ring (bicyclic) bond motifs is 3. The van der Waals surface area contributed by atoms with Gasteiger partial charge in [0.05, 0.1) is 28.1 Å². The Morgan fingerprint density at radius 3 is 2.44 bits per heavy atom. The fourth-order valence-corrected chi connectivity index (χ4v) is 11.2. The number of piperazine rings is 1. The molecule has 5 aliphatic heterocycles. The molecule has 314 valence electrons. The number of aliphatic hydroxyl groups excluding tert-OH is 1. The lowest BCUT2D eigenvalue weighted by molar-refractivity contribution is -0.139. The minimum absolute atomic E-state index is 0.125. The molecule has 16 heteroatoms. The second kappa shape index (κ2) is 14.5. The number of piperidine rings is 2. The quantitative estimate of drug-likeness (QED) is 0.230. The largest absolute Gasteiger partial charge is 0.488 e. The third kappa shape index (κ3) is 6.19. The molecule has 1 saturated carbocycles. The molecule has 0 bridgehead atoms. The maximum atomic E-state index is 13.8. The van der Waals surface area contributed by atoms with E-state index in [1.807, 2.05) is 24.3 Å². The van der Waals surface area contributed by atoms with E-state index in [9.17, 15) is 29.5 Å². The van der Waals surface area contributed by atoms with E-state index in [0.29, 0.717) is 45.4 Å². The van der Waals surface area contributed by atoms with Crippen molar-refractivity contribution in [3.8, 4) is 11.8 Å². The highest BCUT2D eigenvalue weighted by atomic mass is 16.5. The number of nitriles is 1. The topological polar surface area (TPSA) is 197 Å². The summed E-state index contributed by atoms with van der Waals surface area (Å²) in [6.45, 7) is 12.4. The molecule has 4 amide bonds. The number of aromatic nitrogens is 3. The molecule has 3 N–H and O–H groups in total. The van der Waals surface area contributed by atoms with Gasteiger partial charge < -0.3 is 25.0 Å². The Kier molecular flexibility index (Phi) is 9.26. The lowest BCUT2D eigenvalue weighted by atomic mass is 9.45. The van der Waals surface area contributed by atoms with Gasteiger partial charge >= 0.3 is 0 Å². The Balaban J connectivity index is 0.718. The van der Waals surface area contributed by atoms with Crippen molar-refractivity contribution < 1.29 is 29.0 Å². The van der Waals surface area contributed by atoms with Crippen LogP contribution in [0.4, 0.5) is 11.6 Å². The first-order valence-corrected chi connectivity index (χ1v) is 21.2. The summed E-state index contributed by atoms with van der Waals surface area (Å²) in [4.78, 5) is 73.1. The van der Waals surface area contributed by atoms with Crippen molar-refractivity contribution in [3.63, 3.8) is 0 Å². The number of aliphatic hydroxyl groups is 1. The molecule has 4 aromatic rings. The van der Waals surface area contributed by atoms with E-state index in [-0.39, 0.29) is 42.2 Å². The molecule has 5 atom stereocenters. The normalized spacial score (nSPS) is 27.1. The van der Waals surface area contributed by atoms with Crippen molar-refractivity contribution in [1.29, 1.82) is 5.26 Å². The standard InChI is InChI=1S/C45H48N10O6/c1-44(2)41(45(3)31-10-13-47-36-26(21-46)4-8-33(35(31)36)61-42(44)45)51-37(57)27-22-48-43(49-23-27)54-14-11-25(12-15-54)24-52-16-18-53(19-17-52)28-5-6-29-30(20-28)40(60)55(39(29)59)32-7-9-34(56)50-38(32)58/h4-6,8,10,13,20,22-23,25,32,40-42,60H,7,9,11-12,14-19,24H2,1-3H3,(H,51,57)(H,50,56,58)/t32?,40?,41-,42-,45?/m0/s1. The Labute approximate surface area is 352 Å². The fourth-order valence-electron chi connectivity index (χ4n) is 11.2. The van der Waals surface area contributed by atoms with Crippen LogP contribution in [0, 0.1) is 22.7 Å². The first-order chi connectivity index (χ1) is 29.4. The number of hydrogen-bond donors (Lipinski definition) is 3. The van der Waals surface area contributed by atoms with Crippen LogP contribution >= 0.6 is 0 Å². The average Bonchev–Trinajstić information content (AvgIpc) is 3.52. The van der Waals surface area contributed by atoms with E-state index >= 15 is 0 Å². The molecule has 10 rings (SSSR count). The molecule has 6 aliphatic rings. The molecular weight excluding hydrogens is 777 g/mol. The van der Waals surface area contributed by atoms with E-state index < -0.39 is 29.5 Å². The zero-order valence-corrected chi connectivity index (χ0v) is 34.4. The third-order valence-corrected chi connectivity index (χ3v) is 14.3. The zero-order chi connectivity index (χ0) is 42.4. The van der Waals surface area contributed by atoms with Gasteiger partial charge in [-0.3, -0.25) is 39.3 Å². The van der Waals surface area contributed by atoms with E-state index in [2.05, 4.69) is 67.1 Å². The van der Waals surface area contributed by atoms with Gasteiger partial charge in [-0.05, 0) is 74.1 Å². The molecule has 7 heterocycles. The number of anilines is 2. The molecule has 2 aromatic heterocycles. The molecule has 2 aromatic carbocycles. The number of benzene rings is 2. The fraction of sp³-hybridized carbons (Fsp3) is 0.467. The summed E-state index contributed by atoms with van der Waals surface area (Å²) in [7, 11) is 0. The summed E-state index contributed by atoms with van der Waals surface area (Å²) in [5.41, 5.74) is 3.38. The van der Waals surface area contributed by atoms with Crippen LogP contribution in [0.2, 0.25) is 0 Å². The molecular formula is C45H48N10O6. The Bertz CT molecular complexity index is 2530. The maximum absolute atomic E-state index is 13.8.